The normalized spacial score (nSPS) is 10.4. The Labute approximate surface area is 162 Å². The maximum Gasteiger partial charge on any atom is 0.348 e. The Morgan fingerprint density at radius 2 is 1.85 bits per heavy atom. The van der Waals surface area contributed by atoms with Crippen LogP contribution in [-0.4, -0.2) is 31.4 Å². The summed E-state index contributed by atoms with van der Waals surface area (Å²) in [6, 6.07) is 5.90. The minimum absolute atomic E-state index is 0.186. The summed E-state index contributed by atoms with van der Waals surface area (Å²) >= 11 is 1.06. The zero-order valence-corrected chi connectivity index (χ0v) is 17.0. The molecule has 0 aliphatic rings. The van der Waals surface area contributed by atoms with E-state index in [4.69, 9.17) is 4.74 Å². The molecule has 0 atom stereocenters. The highest BCUT2D eigenvalue weighted by molar-refractivity contribution is 7.18. The van der Waals surface area contributed by atoms with E-state index in [0.29, 0.717) is 21.0 Å². The van der Waals surface area contributed by atoms with Crippen molar-refractivity contribution in [1.82, 2.24) is 5.32 Å². The van der Waals surface area contributed by atoms with Gasteiger partial charge in [0.15, 0.2) is 0 Å². The summed E-state index contributed by atoms with van der Waals surface area (Å²) < 4.78 is 5.05. The highest BCUT2D eigenvalue weighted by atomic mass is 32.1. The molecule has 0 fully saturated rings. The lowest BCUT2D eigenvalue weighted by atomic mass is 10.0. The van der Waals surface area contributed by atoms with E-state index in [-0.39, 0.29) is 24.8 Å². The highest BCUT2D eigenvalue weighted by Crippen LogP contribution is 2.33. The number of thiophene rings is 1. The van der Waals surface area contributed by atoms with Crippen LogP contribution >= 0.6 is 11.3 Å². The number of amides is 2. The van der Waals surface area contributed by atoms with E-state index in [9.17, 15) is 14.4 Å². The quantitative estimate of drug-likeness (QED) is 0.743. The van der Waals surface area contributed by atoms with Crippen molar-refractivity contribution in [3.63, 3.8) is 0 Å². The molecule has 0 saturated carbocycles. The van der Waals surface area contributed by atoms with E-state index in [0.717, 1.165) is 28.0 Å². The van der Waals surface area contributed by atoms with E-state index >= 15 is 0 Å². The van der Waals surface area contributed by atoms with Crippen LogP contribution in [0.15, 0.2) is 18.2 Å². The third-order valence-corrected chi connectivity index (χ3v) is 5.35. The number of aryl methyl sites for hydroxylation is 2. The van der Waals surface area contributed by atoms with E-state index in [2.05, 4.69) is 10.6 Å². The molecule has 0 bridgehead atoms. The average Bonchev–Trinajstić information content (AvgIpc) is 2.93. The minimum Gasteiger partial charge on any atom is -0.462 e. The largest absolute Gasteiger partial charge is 0.462 e. The molecule has 2 rings (SSSR count). The Morgan fingerprint density at radius 3 is 2.44 bits per heavy atom. The van der Waals surface area contributed by atoms with E-state index < -0.39 is 5.97 Å². The number of carbonyl (C=O) groups excluding carboxylic acids is 3. The molecule has 1 heterocycles. The predicted molar refractivity (Wildman–Crippen MR) is 107 cm³/mol. The maximum absolute atomic E-state index is 12.5. The van der Waals surface area contributed by atoms with Crippen LogP contribution in [0.1, 0.15) is 49.2 Å². The Morgan fingerprint density at radius 1 is 1.15 bits per heavy atom. The number of ether oxygens (including phenoxy) is 1. The van der Waals surface area contributed by atoms with Crippen molar-refractivity contribution in [3.8, 4) is 0 Å². The number of benzene rings is 1. The van der Waals surface area contributed by atoms with Gasteiger partial charge in [-0.3, -0.25) is 9.59 Å². The Bertz CT molecular complexity index is 886. The molecule has 0 aliphatic heterocycles. The highest BCUT2D eigenvalue weighted by Gasteiger charge is 2.26. The lowest BCUT2D eigenvalue weighted by molar-refractivity contribution is -0.115. The molecule has 144 valence electrons. The fourth-order valence-electron chi connectivity index (χ4n) is 2.78. The molecule has 0 saturated heterocycles. The van der Waals surface area contributed by atoms with Crippen LogP contribution in [0, 0.1) is 20.8 Å². The van der Waals surface area contributed by atoms with Gasteiger partial charge in [0.2, 0.25) is 5.91 Å². The second kappa shape index (κ2) is 8.81. The summed E-state index contributed by atoms with van der Waals surface area (Å²) in [5, 5.41) is 5.69. The zero-order chi connectivity index (χ0) is 20.1. The maximum atomic E-state index is 12.5. The number of hydrogen-bond donors (Lipinski definition) is 2. The molecule has 2 aromatic rings. The van der Waals surface area contributed by atoms with Crippen LogP contribution in [0.25, 0.3) is 0 Å². The summed E-state index contributed by atoms with van der Waals surface area (Å²) in [5.41, 5.74) is 3.87. The van der Waals surface area contributed by atoms with Crippen LogP contribution in [0.2, 0.25) is 0 Å². The first-order valence-corrected chi connectivity index (χ1v) is 9.48. The second-order valence-electron chi connectivity index (χ2n) is 6.21. The van der Waals surface area contributed by atoms with Crippen molar-refractivity contribution in [2.24, 2.45) is 0 Å². The molecule has 0 unspecified atom stereocenters. The number of anilines is 1. The molecule has 2 amide bonds. The first kappa shape index (κ1) is 20.6. The molecule has 0 radical (unpaired) electrons. The third kappa shape index (κ3) is 4.74. The molecule has 27 heavy (non-hydrogen) atoms. The molecule has 0 spiro atoms. The van der Waals surface area contributed by atoms with Gasteiger partial charge in [-0.25, -0.2) is 4.79 Å². The molecule has 2 N–H and O–H groups in total. The molecular weight excluding hydrogens is 364 g/mol. The van der Waals surface area contributed by atoms with Crippen LogP contribution in [-0.2, 0) is 16.0 Å². The van der Waals surface area contributed by atoms with Gasteiger partial charge in [-0.2, -0.15) is 0 Å². The summed E-state index contributed by atoms with van der Waals surface area (Å²) in [6.45, 7) is 7.58. The molecule has 0 aliphatic carbocycles. The van der Waals surface area contributed by atoms with Crippen molar-refractivity contribution in [2.75, 3.05) is 19.0 Å². The zero-order valence-electron chi connectivity index (χ0n) is 16.2. The smallest absolute Gasteiger partial charge is 0.348 e. The first-order valence-electron chi connectivity index (χ1n) is 8.67. The lowest BCUT2D eigenvalue weighted by Crippen LogP contribution is -2.22. The number of nitrogens with one attached hydrogen (secondary N) is 2. The fourth-order valence-corrected chi connectivity index (χ4v) is 3.89. The summed E-state index contributed by atoms with van der Waals surface area (Å²) in [4.78, 5) is 37.3. The average molecular weight is 388 g/mol. The van der Waals surface area contributed by atoms with Gasteiger partial charge in [0.25, 0.3) is 5.91 Å². The van der Waals surface area contributed by atoms with Gasteiger partial charge >= 0.3 is 5.97 Å². The van der Waals surface area contributed by atoms with Gasteiger partial charge in [0.1, 0.15) is 9.88 Å². The van der Waals surface area contributed by atoms with E-state index in [1.165, 1.54) is 7.05 Å². The van der Waals surface area contributed by atoms with Crippen molar-refractivity contribution in [1.29, 1.82) is 0 Å². The molecular formula is C20H24N2O4S. The monoisotopic (exact) mass is 388 g/mol. The number of rotatable bonds is 6. The first-order chi connectivity index (χ1) is 12.8. The van der Waals surface area contributed by atoms with Crippen molar-refractivity contribution >= 4 is 34.1 Å². The van der Waals surface area contributed by atoms with Gasteiger partial charge < -0.3 is 15.4 Å². The molecule has 1 aromatic carbocycles. The Kier molecular flexibility index (Phi) is 6.74. The molecule has 7 heteroatoms. The molecule has 1 aromatic heterocycles. The summed E-state index contributed by atoms with van der Waals surface area (Å²) in [5.74, 6) is -1.11. The van der Waals surface area contributed by atoms with Crippen LogP contribution in [0.4, 0.5) is 5.00 Å². The van der Waals surface area contributed by atoms with Gasteiger partial charge in [0, 0.05) is 7.05 Å². The Hall–Kier alpha value is -2.67. The molecule has 6 nitrogen and oxygen atoms in total. The van der Waals surface area contributed by atoms with Crippen molar-refractivity contribution < 1.29 is 19.1 Å². The summed E-state index contributed by atoms with van der Waals surface area (Å²) in [7, 11) is 1.50. The second-order valence-corrected chi connectivity index (χ2v) is 7.24. The minimum atomic E-state index is -0.500. The third-order valence-electron chi connectivity index (χ3n) is 4.16. The predicted octanol–water partition coefficient (Wildman–Crippen LogP) is 3.39. The summed E-state index contributed by atoms with van der Waals surface area (Å²) in [6.07, 6.45) is 0.186. The van der Waals surface area contributed by atoms with E-state index in [1.54, 1.807) is 13.8 Å². The lowest BCUT2D eigenvalue weighted by Gasteiger charge is -2.09. The van der Waals surface area contributed by atoms with Crippen LogP contribution in [0.5, 0.6) is 0 Å². The van der Waals surface area contributed by atoms with Gasteiger partial charge in [0.05, 0.1) is 18.6 Å². The van der Waals surface area contributed by atoms with E-state index in [1.807, 2.05) is 32.0 Å². The fraction of sp³-hybridized carbons (Fsp3) is 0.350. The van der Waals surface area contributed by atoms with Crippen LogP contribution in [0.3, 0.4) is 0 Å². The van der Waals surface area contributed by atoms with Crippen LogP contribution < -0.4 is 10.6 Å². The van der Waals surface area contributed by atoms with Gasteiger partial charge in [-0.05, 0) is 44.4 Å². The van der Waals surface area contributed by atoms with Crippen molar-refractivity contribution in [3.05, 3.63) is 50.9 Å². The SMILES string of the molecule is CCOC(=O)c1sc(NC(=O)Cc2ccc(C)cc2C)c(C(=O)NC)c1C. The number of carbonyl (C=O) groups is 3. The van der Waals surface area contributed by atoms with Gasteiger partial charge in [-0.15, -0.1) is 11.3 Å². The van der Waals surface area contributed by atoms with Crippen molar-refractivity contribution in [2.45, 2.75) is 34.1 Å². The number of hydrogen-bond acceptors (Lipinski definition) is 5. The number of esters is 1. The topological polar surface area (TPSA) is 84.5 Å². The Balaban J connectivity index is 2.30. The standard InChI is InChI=1S/C20H24N2O4S/c1-6-26-20(25)17-13(4)16(18(24)21-5)19(27-17)22-15(23)10-14-8-7-11(2)9-12(14)3/h7-9H,6,10H2,1-5H3,(H,21,24)(H,22,23). The van der Waals surface area contributed by atoms with Gasteiger partial charge in [-0.1, -0.05) is 23.8 Å².